The molecule has 0 radical (unpaired) electrons. The van der Waals surface area contributed by atoms with Crippen molar-refractivity contribution in [3.05, 3.63) is 34.9 Å². The Hall–Kier alpha value is -1.79. The Balaban J connectivity index is 2.00. The van der Waals surface area contributed by atoms with E-state index >= 15 is 0 Å². The third-order valence-electron chi connectivity index (χ3n) is 5.35. The van der Waals surface area contributed by atoms with Gasteiger partial charge < -0.3 is 20.5 Å². The number of rotatable bonds is 8. The number of hydrogen-bond donors (Lipinski definition) is 3. The largest absolute Gasteiger partial charge is 0.481 e. The number of benzene rings is 1. The summed E-state index contributed by atoms with van der Waals surface area (Å²) in [6.07, 6.45) is 4.12. The van der Waals surface area contributed by atoms with Crippen molar-refractivity contribution in [1.29, 1.82) is 0 Å². The zero-order valence-electron chi connectivity index (χ0n) is 17.6. The van der Waals surface area contributed by atoms with Crippen LogP contribution in [0.3, 0.4) is 0 Å². The summed E-state index contributed by atoms with van der Waals surface area (Å²) in [4.78, 5) is 22.9. The number of carboxylic acid groups (broad SMARTS) is 1. The number of amides is 1. The van der Waals surface area contributed by atoms with Gasteiger partial charge in [0.05, 0.1) is 0 Å². The number of carbonyl (C=O) groups excluding carboxylic acids is 1. The van der Waals surface area contributed by atoms with Gasteiger partial charge in [-0.2, -0.15) is 0 Å². The molecule has 1 aliphatic carbocycles. The van der Waals surface area contributed by atoms with Crippen molar-refractivity contribution in [1.82, 2.24) is 10.6 Å². The molecule has 3 N–H and O–H groups in total. The summed E-state index contributed by atoms with van der Waals surface area (Å²) in [7, 11) is 0. The molecule has 1 aromatic rings. The first-order valence-electron chi connectivity index (χ1n) is 10.3. The van der Waals surface area contributed by atoms with Crippen LogP contribution in [0.1, 0.15) is 64.9 Å². The first-order valence-corrected chi connectivity index (χ1v) is 10.7. The van der Waals surface area contributed by atoms with Crippen molar-refractivity contribution in [2.24, 2.45) is 0 Å². The summed E-state index contributed by atoms with van der Waals surface area (Å²) in [5.41, 5.74) is 0.400. The lowest BCUT2D eigenvalue weighted by atomic mass is 9.68. The number of ether oxygens (including phenoxy) is 1. The minimum Gasteiger partial charge on any atom is -0.481 e. The molecule has 1 saturated carbocycles. The standard InChI is InChI=1S/C22H33ClN2O4/c1-21(2,3)29-20(28)25-15-22(16-6-4-7-17(23)14-16)11-9-18(10-12-22)24-13-5-8-19(26)27/h4,6-7,14,18,24H,5,8-13,15H2,1-3H3,(H,25,28)(H,26,27). The topological polar surface area (TPSA) is 87.7 Å². The molecule has 1 amide bonds. The van der Waals surface area contributed by atoms with Crippen molar-refractivity contribution in [2.75, 3.05) is 13.1 Å². The molecule has 6 nitrogen and oxygen atoms in total. The molecule has 1 aromatic carbocycles. The average molecular weight is 425 g/mol. The molecule has 0 saturated heterocycles. The number of aliphatic carboxylic acids is 1. The molecule has 0 spiro atoms. The predicted molar refractivity (Wildman–Crippen MR) is 114 cm³/mol. The van der Waals surface area contributed by atoms with Crippen LogP contribution < -0.4 is 10.6 Å². The van der Waals surface area contributed by atoms with Crippen LogP contribution in [0.2, 0.25) is 5.02 Å². The first-order chi connectivity index (χ1) is 13.6. The van der Waals surface area contributed by atoms with Gasteiger partial charge in [0, 0.05) is 29.4 Å². The summed E-state index contributed by atoms with van der Waals surface area (Å²) >= 11 is 6.24. The Morgan fingerprint density at radius 3 is 2.55 bits per heavy atom. The molecule has 0 heterocycles. The molecule has 162 valence electrons. The molecule has 29 heavy (non-hydrogen) atoms. The number of nitrogens with one attached hydrogen (secondary N) is 2. The quantitative estimate of drug-likeness (QED) is 0.535. The zero-order valence-corrected chi connectivity index (χ0v) is 18.3. The first kappa shape index (κ1) is 23.5. The number of alkyl carbamates (subject to hydrolysis) is 1. The van der Waals surface area contributed by atoms with E-state index in [4.69, 9.17) is 21.4 Å². The number of halogens is 1. The average Bonchev–Trinajstić information content (AvgIpc) is 2.63. The minimum atomic E-state index is -0.761. The van der Waals surface area contributed by atoms with Crippen molar-refractivity contribution in [3.8, 4) is 0 Å². The number of carboxylic acids is 1. The van der Waals surface area contributed by atoms with E-state index in [2.05, 4.69) is 16.7 Å². The van der Waals surface area contributed by atoms with Gasteiger partial charge in [0.2, 0.25) is 0 Å². The smallest absolute Gasteiger partial charge is 0.407 e. The van der Waals surface area contributed by atoms with E-state index in [-0.39, 0.29) is 11.8 Å². The molecular weight excluding hydrogens is 392 g/mol. The van der Waals surface area contributed by atoms with Crippen molar-refractivity contribution in [2.45, 2.75) is 76.4 Å². The van der Waals surface area contributed by atoms with Crippen molar-refractivity contribution < 1.29 is 19.4 Å². The Morgan fingerprint density at radius 1 is 1.28 bits per heavy atom. The maximum absolute atomic E-state index is 12.2. The Kier molecular flexibility index (Phi) is 8.34. The predicted octanol–water partition coefficient (Wildman–Crippen LogP) is 4.50. The Morgan fingerprint density at radius 2 is 1.97 bits per heavy atom. The van der Waals surface area contributed by atoms with Crippen LogP contribution in [-0.4, -0.2) is 41.9 Å². The highest BCUT2D eigenvalue weighted by Gasteiger charge is 2.37. The number of hydrogen-bond acceptors (Lipinski definition) is 4. The molecule has 0 aliphatic heterocycles. The lowest BCUT2D eigenvalue weighted by Crippen LogP contribution is -2.47. The fourth-order valence-electron chi connectivity index (χ4n) is 3.86. The maximum atomic E-state index is 12.2. The fourth-order valence-corrected chi connectivity index (χ4v) is 4.05. The molecule has 1 aliphatic rings. The van der Waals surface area contributed by atoms with Crippen LogP contribution in [0.5, 0.6) is 0 Å². The van der Waals surface area contributed by atoms with Crippen molar-refractivity contribution >= 4 is 23.7 Å². The van der Waals surface area contributed by atoms with E-state index in [9.17, 15) is 9.59 Å². The maximum Gasteiger partial charge on any atom is 0.407 e. The summed E-state index contributed by atoms with van der Waals surface area (Å²) in [5, 5.41) is 15.9. The molecule has 0 atom stereocenters. The second-order valence-corrected chi connectivity index (χ2v) is 9.31. The SMILES string of the molecule is CC(C)(C)OC(=O)NCC1(c2cccc(Cl)c2)CCC(NCCCC(=O)O)CC1. The monoisotopic (exact) mass is 424 g/mol. The second-order valence-electron chi connectivity index (χ2n) is 8.87. The van der Waals surface area contributed by atoms with E-state index in [0.717, 1.165) is 31.2 Å². The molecule has 7 heteroatoms. The molecule has 0 unspecified atom stereocenters. The lowest BCUT2D eigenvalue weighted by Gasteiger charge is -2.41. The van der Waals surface area contributed by atoms with Gasteiger partial charge in [0.15, 0.2) is 0 Å². The second kappa shape index (κ2) is 10.3. The van der Waals surface area contributed by atoms with Crippen LogP contribution in [0.4, 0.5) is 4.79 Å². The van der Waals surface area contributed by atoms with Gasteiger partial charge in [-0.1, -0.05) is 23.7 Å². The Bertz CT molecular complexity index is 694. The Labute approximate surface area is 178 Å². The van der Waals surface area contributed by atoms with Crippen LogP contribution in [0.15, 0.2) is 24.3 Å². The van der Waals surface area contributed by atoms with Gasteiger partial charge in [-0.25, -0.2) is 4.79 Å². The highest BCUT2D eigenvalue weighted by atomic mass is 35.5. The molecular formula is C22H33ClN2O4. The van der Waals surface area contributed by atoms with Gasteiger partial charge >= 0.3 is 12.1 Å². The normalized spacial score (nSPS) is 22.1. The molecule has 2 rings (SSSR count). The van der Waals surface area contributed by atoms with E-state index in [1.165, 1.54) is 0 Å². The van der Waals surface area contributed by atoms with E-state index in [1.54, 1.807) is 0 Å². The van der Waals surface area contributed by atoms with Gasteiger partial charge in [0.1, 0.15) is 5.60 Å². The molecule has 0 bridgehead atoms. The van der Waals surface area contributed by atoms with Gasteiger partial charge in [0.25, 0.3) is 0 Å². The van der Waals surface area contributed by atoms with Crippen LogP contribution >= 0.6 is 11.6 Å². The van der Waals surface area contributed by atoms with E-state index in [1.807, 2.05) is 39.0 Å². The lowest BCUT2D eigenvalue weighted by molar-refractivity contribution is -0.137. The van der Waals surface area contributed by atoms with Crippen LogP contribution in [0, 0.1) is 0 Å². The van der Waals surface area contributed by atoms with Crippen molar-refractivity contribution in [3.63, 3.8) is 0 Å². The fraction of sp³-hybridized carbons (Fsp3) is 0.636. The minimum absolute atomic E-state index is 0.186. The van der Waals surface area contributed by atoms with Crippen LogP contribution in [0.25, 0.3) is 0 Å². The van der Waals surface area contributed by atoms with Crippen LogP contribution in [-0.2, 0) is 14.9 Å². The van der Waals surface area contributed by atoms with E-state index < -0.39 is 17.7 Å². The third kappa shape index (κ3) is 7.86. The molecule has 1 fully saturated rings. The number of carbonyl (C=O) groups is 2. The van der Waals surface area contributed by atoms with Gasteiger partial charge in [-0.05, 0) is 77.1 Å². The zero-order chi connectivity index (χ0) is 21.5. The summed E-state index contributed by atoms with van der Waals surface area (Å²) in [5.74, 6) is -0.761. The summed E-state index contributed by atoms with van der Waals surface area (Å²) in [6, 6.07) is 8.22. The molecule has 0 aromatic heterocycles. The highest BCUT2D eigenvalue weighted by Crippen LogP contribution is 2.40. The van der Waals surface area contributed by atoms with Gasteiger partial charge in [-0.3, -0.25) is 4.79 Å². The highest BCUT2D eigenvalue weighted by molar-refractivity contribution is 6.30. The summed E-state index contributed by atoms with van der Waals surface area (Å²) < 4.78 is 5.40. The third-order valence-corrected chi connectivity index (χ3v) is 5.59. The summed E-state index contributed by atoms with van der Waals surface area (Å²) in [6.45, 7) is 6.74. The van der Waals surface area contributed by atoms with Gasteiger partial charge in [-0.15, -0.1) is 0 Å². The van der Waals surface area contributed by atoms with E-state index in [0.29, 0.717) is 30.6 Å².